The van der Waals surface area contributed by atoms with E-state index in [1.807, 2.05) is 18.2 Å². The van der Waals surface area contributed by atoms with Gasteiger partial charge in [-0.1, -0.05) is 38.0 Å². The average molecular weight is 631 g/mol. The molecule has 0 radical (unpaired) electrons. The summed E-state index contributed by atoms with van der Waals surface area (Å²) in [4.78, 5) is 32.2. The largest absolute Gasteiger partial charge is 0.481 e. The summed E-state index contributed by atoms with van der Waals surface area (Å²) in [6.07, 6.45) is 6.82. The van der Waals surface area contributed by atoms with Crippen molar-refractivity contribution < 1.29 is 38.4 Å². The highest BCUT2D eigenvalue weighted by molar-refractivity contribution is 6.06. The van der Waals surface area contributed by atoms with E-state index in [1.165, 1.54) is 0 Å². The fourth-order valence-corrected chi connectivity index (χ4v) is 4.89. The van der Waals surface area contributed by atoms with E-state index >= 15 is 0 Å². The van der Waals surface area contributed by atoms with Crippen LogP contribution >= 0.6 is 0 Å². The lowest BCUT2D eigenvalue weighted by Crippen LogP contribution is -2.14. The van der Waals surface area contributed by atoms with Crippen molar-refractivity contribution in [3.05, 3.63) is 30.1 Å². The molecule has 250 valence electrons. The molecular formula is C33H50N4O8. The van der Waals surface area contributed by atoms with Crippen LogP contribution in [0.3, 0.4) is 0 Å². The number of benzene rings is 1. The molecular weight excluding hydrogens is 580 g/mol. The van der Waals surface area contributed by atoms with Gasteiger partial charge in [-0.05, 0) is 25.3 Å². The summed E-state index contributed by atoms with van der Waals surface area (Å²) in [6.45, 7) is 7.05. The van der Waals surface area contributed by atoms with E-state index in [4.69, 9.17) is 39.5 Å². The summed E-state index contributed by atoms with van der Waals surface area (Å²) in [5.41, 5.74) is 9.03. The number of nitrogens with two attached hydrogens (primary N) is 1. The van der Waals surface area contributed by atoms with Crippen molar-refractivity contribution in [3.63, 3.8) is 0 Å². The van der Waals surface area contributed by atoms with E-state index < -0.39 is 5.97 Å². The van der Waals surface area contributed by atoms with Crippen LogP contribution in [-0.4, -0.2) is 97.5 Å². The van der Waals surface area contributed by atoms with Gasteiger partial charge in [0.2, 0.25) is 0 Å². The summed E-state index contributed by atoms with van der Waals surface area (Å²) in [6, 6.07) is 8.07. The number of carbonyl (C=O) groups is 2. The number of carboxylic acid groups (broad SMARTS) is 1. The highest BCUT2D eigenvalue weighted by Gasteiger charge is 2.17. The highest BCUT2D eigenvalue weighted by Crippen LogP contribution is 2.29. The van der Waals surface area contributed by atoms with Crippen molar-refractivity contribution >= 4 is 39.5 Å². The molecule has 0 amide bonds. The molecule has 0 saturated carbocycles. The number of rotatable bonds is 27. The van der Waals surface area contributed by atoms with E-state index in [2.05, 4.69) is 22.5 Å². The lowest BCUT2D eigenvalue weighted by atomic mass is 10.1. The van der Waals surface area contributed by atoms with Crippen LogP contribution in [0.25, 0.3) is 21.9 Å². The van der Waals surface area contributed by atoms with Gasteiger partial charge in [-0.3, -0.25) is 9.59 Å². The van der Waals surface area contributed by atoms with E-state index in [0.717, 1.165) is 72.8 Å². The van der Waals surface area contributed by atoms with Crippen LogP contribution in [-0.2, 0) is 46.2 Å². The van der Waals surface area contributed by atoms with Gasteiger partial charge in [0.25, 0.3) is 0 Å². The Hall–Kier alpha value is -3.16. The number of aryl methyl sites for hydroxylation is 2. The van der Waals surface area contributed by atoms with E-state index in [-0.39, 0.29) is 18.8 Å². The number of nitrogens with zero attached hydrogens (tertiary/aromatic N) is 3. The number of hydrogen-bond donors (Lipinski definition) is 2. The number of ketones is 1. The second-order valence-electron chi connectivity index (χ2n) is 10.8. The minimum absolute atomic E-state index is 0.00660. The standard InChI is InChI=1S/C33H50N4O8/c1-2-3-12-29-36-31-32(27-10-6-7-11-28(27)35-33(31)34)37(29)15-8-4-5-9-26(38)13-16-41-18-20-43-22-24-45-25-23-44-21-19-42-17-14-30(39)40/h6-7,10-11H,2-5,8-9,12-25H2,1H3,(H2,34,35)(H,39,40). The van der Waals surface area contributed by atoms with Crippen LogP contribution in [0.2, 0.25) is 0 Å². The summed E-state index contributed by atoms with van der Waals surface area (Å²) < 4.78 is 29.2. The molecule has 0 unspecified atom stereocenters. The predicted molar refractivity (Wildman–Crippen MR) is 172 cm³/mol. The monoisotopic (exact) mass is 630 g/mol. The van der Waals surface area contributed by atoms with Gasteiger partial charge in [-0.2, -0.15) is 0 Å². The summed E-state index contributed by atoms with van der Waals surface area (Å²) in [5, 5.41) is 9.58. The topological polar surface area (TPSA) is 157 Å². The molecule has 12 nitrogen and oxygen atoms in total. The van der Waals surface area contributed by atoms with Crippen molar-refractivity contribution in [1.82, 2.24) is 14.5 Å². The molecule has 1 aromatic carbocycles. The summed E-state index contributed by atoms with van der Waals surface area (Å²) in [7, 11) is 0. The molecule has 3 N–H and O–H groups in total. The second-order valence-corrected chi connectivity index (χ2v) is 10.8. The minimum atomic E-state index is -0.877. The maximum Gasteiger partial charge on any atom is 0.305 e. The number of carboxylic acids is 1. The number of Topliss-reactive ketones (excluding diaryl/α,β-unsaturated/α-hetero) is 1. The van der Waals surface area contributed by atoms with E-state index in [1.54, 1.807) is 0 Å². The normalized spacial score (nSPS) is 11.6. The maximum absolute atomic E-state index is 12.3. The first-order valence-electron chi connectivity index (χ1n) is 16.2. The van der Waals surface area contributed by atoms with Crippen LogP contribution in [0.5, 0.6) is 0 Å². The minimum Gasteiger partial charge on any atom is -0.481 e. The Labute approximate surface area is 265 Å². The molecule has 3 aromatic rings. The van der Waals surface area contributed by atoms with Crippen LogP contribution in [0.4, 0.5) is 5.82 Å². The smallest absolute Gasteiger partial charge is 0.305 e. The average Bonchev–Trinajstić information content (AvgIpc) is 3.40. The number of unbranched alkanes of at least 4 members (excludes halogenated alkanes) is 3. The zero-order valence-electron chi connectivity index (χ0n) is 26.7. The quantitative estimate of drug-likeness (QED) is 0.114. The third-order valence-corrected chi connectivity index (χ3v) is 7.25. The van der Waals surface area contributed by atoms with Crippen molar-refractivity contribution in [2.24, 2.45) is 0 Å². The van der Waals surface area contributed by atoms with Crippen molar-refractivity contribution in [3.8, 4) is 0 Å². The number of aliphatic carboxylic acids is 1. The van der Waals surface area contributed by atoms with Crippen molar-refractivity contribution in [1.29, 1.82) is 0 Å². The van der Waals surface area contributed by atoms with Gasteiger partial charge >= 0.3 is 5.97 Å². The molecule has 0 bridgehead atoms. The Morgan fingerprint density at radius 2 is 1.36 bits per heavy atom. The van der Waals surface area contributed by atoms with Gasteiger partial charge < -0.3 is 39.1 Å². The fraction of sp³-hybridized carbons (Fsp3) is 0.636. The van der Waals surface area contributed by atoms with Crippen LogP contribution < -0.4 is 5.73 Å². The van der Waals surface area contributed by atoms with E-state index in [9.17, 15) is 9.59 Å². The Morgan fingerprint density at radius 1 is 0.756 bits per heavy atom. The first-order valence-corrected chi connectivity index (χ1v) is 16.2. The Kier molecular flexibility index (Phi) is 17.4. The molecule has 12 heteroatoms. The number of aromatic nitrogens is 3. The Balaban J connectivity index is 1.20. The van der Waals surface area contributed by atoms with Crippen LogP contribution in [0.1, 0.15) is 64.1 Å². The number of fused-ring (bicyclic) bond motifs is 3. The maximum atomic E-state index is 12.3. The molecule has 0 aliphatic rings. The Morgan fingerprint density at radius 3 is 1.98 bits per heavy atom. The number of anilines is 1. The number of nitrogen functional groups attached to an aromatic ring is 1. The first kappa shape index (κ1) is 36.3. The molecule has 45 heavy (non-hydrogen) atoms. The lowest BCUT2D eigenvalue weighted by Gasteiger charge is -2.11. The molecule has 2 heterocycles. The highest BCUT2D eigenvalue weighted by atomic mass is 16.6. The summed E-state index contributed by atoms with van der Waals surface area (Å²) >= 11 is 0. The number of hydrogen-bond acceptors (Lipinski definition) is 10. The Bertz CT molecular complexity index is 1300. The third kappa shape index (κ3) is 13.4. The zero-order chi connectivity index (χ0) is 32.1. The van der Waals surface area contributed by atoms with Gasteiger partial charge in [-0.25, -0.2) is 9.97 Å². The second kappa shape index (κ2) is 21.6. The molecule has 0 saturated heterocycles. The third-order valence-electron chi connectivity index (χ3n) is 7.25. The van der Waals surface area contributed by atoms with Gasteiger partial charge in [0, 0.05) is 31.2 Å². The SMILES string of the molecule is CCCCc1nc2c(N)nc3ccccc3c2n1CCCCCC(=O)CCOCCOCCOCCOCCOCCC(=O)O. The number of pyridine rings is 1. The molecule has 0 fully saturated rings. The first-order chi connectivity index (χ1) is 22.0. The number of carbonyl (C=O) groups excluding carboxylic acids is 1. The molecule has 0 aliphatic heterocycles. The number of para-hydroxylation sites is 1. The molecule has 0 atom stereocenters. The van der Waals surface area contributed by atoms with Gasteiger partial charge in [0.15, 0.2) is 5.82 Å². The zero-order valence-corrected chi connectivity index (χ0v) is 26.7. The van der Waals surface area contributed by atoms with Gasteiger partial charge in [-0.15, -0.1) is 0 Å². The predicted octanol–water partition coefficient (Wildman–Crippen LogP) is 4.59. The number of imidazole rings is 1. The van der Waals surface area contributed by atoms with Crippen LogP contribution in [0, 0.1) is 0 Å². The van der Waals surface area contributed by atoms with Gasteiger partial charge in [0.05, 0.1) is 83.5 Å². The van der Waals surface area contributed by atoms with Crippen molar-refractivity contribution in [2.75, 3.05) is 71.8 Å². The lowest BCUT2D eigenvalue weighted by molar-refractivity contribution is -0.138. The van der Waals surface area contributed by atoms with Crippen molar-refractivity contribution in [2.45, 2.75) is 71.3 Å². The van der Waals surface area contributed by atoms with Crippen LogP contribution in [0.15, 0.2) is 24.3 Å². The molecule has 3 rings (SSSR count). The molecule has 2 aromatic heterocycles. The van der Waals surface area contributed by atoms with Gasteiger partial charge in [0.1, 0.15) is 17.1 Å². The molecule has 0 spiro atoms. The number of ether oxygens (including phenoxy) is 5. The molecule has 0 aliphatic carbocycles. The van der Waals surface area contributed by atoms with E-state index in [0.29, 0.717) is 78.1 Å². The fourth-order valence-electron chi connectivity index (χ4n) is 4.89. The summed E-state index contributed by atoms with van der Waals surface area (Å²) in [5.74, 6) is 0.877.